The summed E-state index contributed by atoms with van der Waals surface area (Å²) in [5, 5.41) is 3.67. The van der Waals surface area contributed by atoms with Gasteiger partial charge in [0.2, 0.25) is 0 Å². The second-order valence-electron chi connectivity index (χ2n) is 9.19. The fraction of sp³-hybridized carbons (Fsp3) is 0.520. The minimum Gasteiger partial charge on any atom is -0.479 e. The number of carbonyl (C=O) groups is 2. The summed E-state index contributed by atoms with van der Waals surface area (Å²) in [6.45, 7) is 5.87. The highest BCUT2D eigenvalue weighted by Gasteiger charge is 2.26. The van der Waals surface area contributed by atoms with Crippen LogP contribution in [0.3, 0.4) is 0 Å². The van der Waals surface area contributed by atoms with Crippen molar-refractivity contribution >= 4 is 39.2 Å². The van der Waals surface area contributed by atoms with Crippen LogP contribution in [0.25, 0.3) is 10.4 Å². The Morgan fingerprint density at radius 2 is 1.91 bits per heavy atom. The number of carbonyl (C=O) groups excluding carboxylic acids is 2. The number of hydrogen-bond donors (Lipinski definition) is 1. The molecule has 0 spiro atoms. The number of ether oxygens (including phenoxy) is 3. The van der Waals surface area contributed by atoms with E-state index < -0.39 is 17.5 Å². The number of thiophene rings is 1. The van der Waals surface area contributed by atoms with Gasteiger partial charge in [0.05, 0.1) is 16.5 Å². The van der Waals surface area contributed by atoms with Gasteiger partial charge in [-0.15, -0.1) is 11.3 Å². The fourth-order valence-electron chi connectivity index (χ4n) is 3.83. The molecule has 0 unspecified atom stereocenters. The molecular formula is C25H32BrNO5S. The first kappa shape index (κ1) is 25.7. The molecule has 1 N–H and O–H groups in total. The summed E-state index contributed by atoms with van der Waals surface area (Å²) in [6.07, 6.45) is 6.39. The predicted molar refractivity (Wildman–Crippen MR) is 134 cm³/mol. The lowest BCUT2D eigenvalue weighted by Gasteiger charge is -2.23. The maximum atomic E-state index is 12.4. The average Bonchev–Trinajstić information content (AvgIpc) is 3.11. The van der Waals surface area contributed by atoms with Gasteiger partial charge in [0.1, 0.15) is 5.60 Å². The Kier molecular flexibility index (Phi) is 8.95. The van der Waals surface area contributed by atoms with Crippen molar-refractivity contribution in [1.29, 1.82) is 0 Å². The zero-order valence-electron chi connectivity index (χ0n) is 19.7. The quantitative estimate of drug-likeness (QED) is 0.409. The second-order valence-corrected chi connectivity index (χ2v) is 11.0. The van der Waals surface area contributed by atoms with Gasteiger partial charge >= 0.3 is 11.9 Å². The van der Waals surface area contributed by atoms with Crippen LogP contribution in [0.5, 0.6) is 5.75 Å². The van der Waals surface area contributed by atoms with E-state index in [1.54, 1.807) is 20.8 Å². The van der Waals surface area contributed by atoms with Crippen LogP contribution in [-0.4, -0.2) is 37.3 Å². The number of benzene rings is 1. The Hall–Kier alpha value is -1.90. The Morgan fingerprint density at radius 3 is 2.58 bits per heavy atom. The molecule has 1 aliphatic rings. The lowest BCUT2D eigenvalue weighted by molar-refractivity contribution is -0.157. The van der Waals surface area contributed by atoms with Crippen molar-refractivity contribution in [2.45, 2.75) is 71.1 Å². The van der Waals surface area contributed by atoms with E-state index in [1.165, 1.54) is 56.1 Å². The molecule has 6 nitrogen and oxygen atoms in total. The summed E-state index contributed by atoms with van der Waals surface area (Å²) in [5.74, 6) is -0.728. The van der Waals surface area contributed by atoms with Gasteiger partial charge in [-0.2, -0.15) is 0 Å². The number of rotatable bonds is 8. The molecule has 2 aromatic rings. The largest absolute Gasteiger partial charge is 0.479 e. The van der Waals surface area contributed by atoms with Crippen molar-refractivity contribution in [2.75, 3.05) is 13.7 Å². The Balaban J connectivity index is 1.79. The van der Waals surface area contributed by atoms with E-state index in [0.717, 1.165) is 17.0 Å². The molecule has 1 saturated carbocycles. The topological polar surface area (TPSA) is 73.9 Å². The van der Waals surface area contributed by atoms with Gasteiger partial charge < -0.3 is 19.5 Å². The Bertz CT molecular complexity index is 976. The lowest BCUT2D eigenvalue weighted by atomic mass is 9.95. The third-order valence-electron chi connectivity index (χ3n) is 5.32. The summed E-state index contributed by atoms with van der Waals surface area (Å²) in [5.41, 5.74) is 1.52. The van der Waals surface area contributed by atoms with Crippen LogP contribution < -0.4 is 10.1 Å². The van der Waals surface area contributed by atoms with Gasteiger partial charge in [0.15, 0.2) is 17.2 Å². The minimum absolute atomic E-state index is 0.290. The Labute approximate surface area is 208 Å². The first-order valence-electron chi connectivity index (χ1n) is 11.3. The van der Waals surface area contributed by atoms with Crippen LogP contribution in [0.15, 0.2) is 28.7 Å². The highest BCUT2D eigenvalue weighted by atomic mass is 79.9. The summed E-state index contributed by atoms with van der Waals surface area (Å²) < 4.78 is 16.6. The van der Waals surface area contributed by atoms with Crippen LogP contribution in [0.1, 0.15) is 68.1 Å². The molecule has 0 radical (unpaired) electrons. The standard InChI is InChI=1S/C25H32BrNO5S/c1-25(2,3)32-19(28)15-31-21-20(26)22(33-23(21)24(29)30-4)17-10-8-9-16(13-17)14-27-18-11-6-5-7-12-18/h8-10,13,18,27H,5-7,11-12,14-15H2,1-4H3. The molecule has 180 valence electrons. The average molecular weight is 539 g/mol. The van der Waals surface area contributed by atoms with Crippen molar-refractivity contribution in [3.63, 3.8) is 0 Å². The molecular weight excluding hydrogens is 506 g/mol. The van der Waals surface area contributed by atoms with Crippen molar-refractivity contribution in [3.05, 3.63) is 39.2 Å². The molecule has 8 heteroatoms. The minimum atomic E-state index is -0.616. The smallest absolute Gasteiger partial charge is 0.351 e. The molecule has 33 heavy (non-hydrogen) atoms. The van der Waals surface area contributed by atoms with Crippen molar-refractivity contribution < 1.29 is 23.8 Å². The molecule has 1 aliphatic carbocycles. The second kappa shape index (κ2) is 11.5. The maximum absolute atomic E-state index is 12.4. The van der Waals surface area contributed by atoms with Gasteiger partial charge in [-0.3, -0.25) is 0 Å². The van der Waals surface area contributed by atoms with E-state index in [9.17, 15) is 9.59 Å². The summed E-state index contributed by atoms with van der Waals surface area (Å²) >= 11 is 4.86. The third-order valence-corrected chi connectivity index (χ3v) is 7.54. The van der Waals surface area contributed by atoms with E-state index in [4.69, 9.17) is 14.2 Å². The molecule has 0 saturated heterocycles. The van der Waals surface area contributed by atoms with E-state index >= 15 is 0 Å². The number of hydrogen-bond acceptors (Lipinski definition) is 7. The highest BCUT2D eigenvalue weighted by Crippen LogP contribution is 2.46. The predicted octanol–water partition coefficient (Wildman–Crippen LogP) is 6.11. The lowest BCUT2D eigenvalue weighted by Crippen LogP contribution is -2.30. The number of nitrogens with one attached hydrogen (secondary N) is 1. The van der Waals surface area contributed by atoms with Crippen LogP contribution in [0, 0.1) is 0 Å². The van der Waals surface area contributed by atoms with Gasteiger partial charge in [-0.05, 0) is 66.7 Å². The third kappa shape index (κ3) is 7.29. The van der Waals surface area contributed by atoms with E-state index in [2.05, 4.69) is 33.4 Å². The van der Waals surface area contributed by atoms with E-state index in [-0.39, 0.29) is 6.61 Å². The summed E-state index contributed by atoms with van der Waals surface area (Å²) in [7, 11) is 1.32. The van der Waals surface area contributed by atoms with E-state index in [0.29, 0.717) is 21.1 Å². The molecule has 0 bridgehead atoms. The van der Waals surface area contributed by atoms with Gasteiger partial charge in [0.25, 0.3) is 0 Å². The zero-order valence-corrected chi connectivity index (χ0v) is 22.1. The van der Waals surface area contributed by atoms with Crippen LogP contribution in [-0.2, 0) is 20.8 Å². The number of esters is 2. The van der Waals surface area contributed by atoms with Crippen LogP contribution in [0.4, 0.5) is 0 Å². The van der Waals surface area contributed by atoms with Crippen molar-refractivity contribution in [2.24, 2.45) is 0 Å². The summed E-state index contributed by atoms with van der Waals surface area (Å²) in [6, 6.07) is 8.81. The van der Waals surface area contributed by atoms with Gasteiger partial charge in [-0.1, -0.05) is 37.5 Å². The number of methoxy groups -OCH3 is 1. The molecule has 1 fully saturated rings. The van der Waals surface area contributed by atoms with Crippen LogP contribution >= 0.6 is 27.3 Å². The highest BCUT2D eigenvalue weighted by molar-refractivity contribution is 9.10. The molecule has 3 rings (SSSR count). The monoisotopic (exact) mass is 537 g/mol. The maximum Gasteiger partial charge on any atom is 0.351 e. The Morgan fingerprint density at radius 1 is 1.18 bits per heavy atom. The van der Waals surface area contributed by atoms with Gasteiger partial charge in [-0.25, -0.2) is 9.59 Å². The summed E-state index contributed by atoms with van der Waals surface area (Å²) in [4.78, 5) is 25.7. The fourth-order valence-corrected chi connectivity index (χ4v) is 5.80. The first-order chi connectivity index (χ1) is 15.7. The SMILES string of the molecule is COC(=O)c1sc(-c2cccc(CNC3CCCCC3)c2)c(Br)c1OCC(=O)OC(C)(C)C. The zero-order chi connectivity index (χ0) is 24.0. The van der Waals surface area contributed by atoms with Crippen LogP contribution in [0.2, 0.25) is 0 Å². The molecule has 1 heterocycles. The molecule has 0 amide bonds. The molecule has 0 atom stereocenters. The number of halogens is 1. The van der Waals surface area contributed by atoms with Crippen molar-refractivity contribution in [1.82, 2.24) is 5.32 Å². The van der Waals surface area contributed by atoms with E-state index in [1.807, 2.05) is 12.1 Å². The molecule has 0 aliphatic heterocycles. The van der Waals surface area contributed by atoms with Gasteiger partial charge in [0, 0.05) is 12.6 Å². The van der Waals surface area contributed by atoms with Crippen molar-refractivity contribution in [3.8, 4) is 16.2 Å². The molecule has 1 aromatic heterocycles. The first-order valence-corrected chi connectivity index (χ1v) is 12.9. The normalized spacial score (nSPS) is 14.7. The molecule has 1 aromatic carbocycles.